The zero-order valence-electron chi connectivity index (χ0n) is 9.58. The number of benzene rings is 1. The number of nitrogens with two attached hydrogens (primary N) is 1. The molecular formula is C12H8N4O2S. The number of rotatable bonds is 3. The quantitative estimate of drug-likeness (QED) is 0.879. The monoisotopic (exact) mass is 272 g/mol. The van der Waals surface area contributed by atoms with Crippen LogP contribution in [-0.4, -0.2) is 16.8 Å². The van der Waals surface area contributed by atoms with Crippen LogP contribution in [0.25, 0.3) is 0 Å². The highest BCUT2D eigenvalue weighted by atomic mass is 32.1. The van der Waals surface area contributed by atoms with E-state index in [1.54, 1.807) is 12.1 Å². The van der Waals surface area contributed by atoms with Crippen LogP contribution < -0.4 is 11.1 Å². The first kappa shape index (κ1) is 12.7. The summed E-state index contributed by atoms with van der Waals surface area (Å²) in [6.07, 6.45) is 0. The van der Waals surface area contributed by atoms with Crippen molar-refractivity contribution in [2.24, 2.45) is 5.73 Å². The van der Waals surface area contributed by atoms with Crippen molar-refractivity contribution in [3.05, 3.63) is 46.5 Å². The minimum atomic E-state index is -0.643. The smallest absolute Gasteiger partial charge is 0.268 e. The average Bonchev–Trinajstić information content (AvgIpc) is 2.87. The number of thiazole rings is 1. The Morgan fingerprint density at radius 1 is 1.32 bits per heavy atom. The number of hydrogen-bond acceptors (Lipinski definition) is 5. The third-order valence-electron chi connectivity index (χ3n) is 2.25. The summed E-state index contributed by atoms with van der Waals surface area (Å²) in [5.74, 6) is -1.01. The minimum Gasteiger partial charge on any atom is -0.364 e. The summed E-state index contributed by atoms with van der Waals surface area (Å²) in [6.45, 7) is 0. The summed E-state index contributed by atoms with van der Waals surface area (Å²) < 4.78 is 0. The third-order valence-corrected chi connectivity index (χ3v) is 3.01. The Labute approximate surface area is 112 Å². The van der Waals surface area contributed by atoms with Crippen molar-refractivity contribution >= 4 is 28.3 Å². The summed E-state index contributed by atoms with van der Waals surface area (Å²) >= 11 is 1.11. The van der Waals surface area contributed by atoms with Crippen molar-refractivity contribution in [3.63, 3.8) is 0 Å². The Balaban J connectivity index is 2.11. The van der Waals surface area contributed by atoms with Crippen molar-refractivity contribution in [2.45, 2.75) is 0 Å². The van der Waals surface area contributed by atoms with E-state index in [4.69, 9.17) is 11.0 Å². The van der Waals surface area contributed by atoms with Crippen LogP contribution in [0.1, 0.15) is 26.4 Å². The normalized spacial score (nSPS) is 9.63. The molecule has 0 atom stereocenters. The second-order valence-corrected chi connectivity index (χ2v) is 4.40. The van der Waals surface area contributed by atoms with Gasteiger partial charge in [0.25, 0.3) is 11.8 Å². The van der Waals surface area contributed by atoms with E-state index in [1.165, 1.54) is 17.5 Å². The lowest BCUT2D eigenvalue weighted by atomic mass is 10.1. The van der Waals surface area contributed by atoms with Crippen LogP contribution >= 0.6 is 11.3 Å². The number of anilines is 1. The fourth-order valence-corrected chi connectivity index (χ4v) is 2.00. The molecule has 0 aliphatic rings. The van der Waals surface area contributed by atoms with E-state index in [-0.39, 0.29) is 11.6 Å². The standard InChI is InChI=1S/C12H8N4O2S/c13-5-7-1-3-8(4-2-7)11(18)16-12-15-9(6-19-12)10(14)17/h1-4,6H,(H2,14,17)(H,15,16,18). The molecule has 1 aromatic heterocycles. The van der Waals surface area contributed by atoms with Gasteiger partial charge in [0.2, 0.25) is 0 Å². The number of carbonyl (C=O) groups is 2. The molecule has 0 saturated carbocycles. The Morgan fingerprint density at radius 3 is 2.53 bits per heavy atom. The van der Waals surface area contributed by atoms with Crippen molar-refractivity contribution in [1.82, 2.24) is 4.98 Å². The summed E-state index contributed by atoms with van der Waals surface area (Å²) in [7, 11) is 0. The van der Waals surface area contributed by atoms with E-state index < -0.39 is 5.91 Å². The van der Waals surface area contributed by atoms with Crippen molar-refractivity contribution in [3.8, 4) is 6.07 Å². The van der Waals surface area contributed by atoms with Gasteiger partial charge in [-0.15, -0.1) is 11.3 Å². The molecule has 3 N–H and O–H groups in total. The second kappa shape index (κ2) is 5.29. The number of aromatic nitrogens is 1. The first-order valence-corrected chi connectivity index (χ1v) is 6.05. The Bertz CT molecular complexity index is 670. The van der Waals surface area contributed by atoms with Crippen molar-refractivity contribution < 1.29 is 9.59 Å². The number of nitrogens with one attached hydrogen (secondary N) is 1. The van der Waals surface area contributed by atoms with Gasteiger partial charge in [-0.05, 0) is 24.3 Å². The molecule has 1 aromatic carbocycles. The van der Waals surface area contributed by atoms with Gasteiger partial charge >= 0.3 is 0 Å². The average molecular weight is 272 g/mol. The van der Waals surface area contributed by atoms with E-state index in [9.17, 15) is 9.59 Å². The van der Waals surface area contributed by atoms with Gasteiger partial charge in [0.05, 0.1) is 11.6 Å². The predicted octanol–water partition coefficient (Wildman–Crippen LogP) is 1.37. The highest BCUT2D eigenvalue weighted by Crippen LogP contribution is 2.16. The number of carbonyl (C=O) groups excluding carboxylic acids is 2. The largest absolute Gasteiger partial charge is 0.364 e. The fourth-order valence-electron chi connectivity index (χ4n) is 1.31. The van der Waals surface area contributed by atoms with Crippen molar-refractivity contribution in [2.75, 3.05) is 5.32 Å². The summed E-state index contributed by atoms with van der Waals surface area (Å²) in [5, 5.41) is 13.0. The minimum absolute atomic E-state index is 0.111. The molecule has 2 rings (SSSR count). The molecule has 94 valence electrons. The van der Waals surface area contributed by atoms with Gasteiger partial charge in [-0.3, -0.25) is 14.9 Å². The molecule has 7 heteroatoms. The van der Waals surface area contributed by atoms with Crippen LogP contribution in [0, 0.1) is 11.3 Å². The first-order valence-electron chi connectivity index (χ1n) is 5.17. The molecule has 0 saturated heterocycles. The highest BCUT2D eigenvalue weighted by molar-refractivity contribution is 7.14. The van der Waals surface area contributed by atoms with E-state index in [0.717, 1.165) is 11.3 Å². The van der Waals surface area contributed by atoms with Crippen LogP contribution in [-0.2, 0) is 0 Å². The Hall–Kier alpha value is -2.72. The van der Waals surface area contributed by atoms with Crippen LogP contribution in [0.5, 0.6) is 0 Å². The lowest BCUT2D eigenvalue weighted by molar-refractivity contribution is 0.0992. The lowest BCUT2D eigenvalue weighted by Crippen LogP contribution is -2.14. The maximum atomic E-state index is 11.8. The topological polar surface area (TPSA) is 109 Å². The zero-order valence-corrected chi connectivity index (χ0v) is 10.4. The van der Waals surface area contributed by atoms with E-state index in [0.29, 0.717) is 16.3 Å². The predicted molar refractivity (Wildman–Crippen MR) is 69.7 cm³/mol. The fraction of sp³-hybridized carbons (Fsp3) is 0. The highest BCUT2D eigenvalue weighted by Gasteiger charge is 2.11. The van der Waals surface area contributed by atoms with Crippen LogP contribution in [0.4, 0.5) is 5.13 Å². The molecule has 0 radical (unpaired) electrons. The number of amides is 2. The van der Waals surface area contributed by atoms with E-state index >= 15 is 0 Å². The summed E-state index contributed by atoms with van der Waals surface area (Å²) in [5.41, 5.74) is 6.05. The molecule has 0 aliphatic carbocycles. The lowest BCUT2D eigenvalue weighted by Gasteiger charge is -2.01. The van der Waals surface area contributed by atoms with Gasteiger partial charge in [-0.25, -0.2) is 4.98 Å². The van der Waals surface area contributed by atoms with Gasteiger partial charge in [0.1, 0.15) is 5.69 Å². The molecule has 2 amide bonds. The Morgan fingerprint density at radius 2 is 2.00 bits per heavy atom. The molecule has 2 aromatic rings. The molecule has 0 spiro atoms. The van der Waals surface area contributed by atoms with Gasteiger partial charge in [-0.2, -0.15) is 5.26 Å². The first-order chi connectivity index (χ1) is 9.10. The van der Waals surface area contributed by atoms with Gasteiger partial charge in [0, 0.05) is 10.9 Å². The number of primary amides is 1. The van der Waals surface area contributed by atoms with Gasteiger partial charge < -0.3 is 5.73 Å². The molecule has 0 bridgehead atoms. The summed E-state index contributed by atoms with van der Waals surface area (Å²) in [6, 6.07) is 8.14. The second-order valence-electron chi connectivity index (χ2n) is 3.55. The van der Waals surface area contributed by atoms with E-state index in [1.807, 2.05) is 6.07 Å². The number of nitrogens with zero attached hydrogens (tertiary/aromatic N) is 2. The molecule has 1 heterocycles. The van der Waals surface area contributed by atoms with Crippen LogP contribution in [0.15, 0.2) is 29.6 Å². The van der Waals surface area contributed by atoms with E-state index in [2.05, 4.69) is 10.3 Å². The number of nitriles is 1. The molecule has 6 nitrogen and oxygen atoms in total. The maximum Gasteiger partial charge on any atom is 0.268 e. The summed E-state index contributed by atoms with van der Waals surface area (Å²) in [4.78, 5) is 26.6. The van der Waals surface area contributed by atoms with Gasteiger partial charge in [0.15, 0.2) is 5.13 Å². The molecule has 0 unspecified atom stereocenters. The van der Waals surface area contributed by atoms with Crippen LogP contribution in [0.3, 0.4) is 0 Å². The van der Waals surface area contributed by atoms with Gasteiger partial charge in [-0.1, -0.05) is 0 Å². The maximum absolute atomic E-state index is 11.8. The molecule has 0 fully saturated rings. The zero-order chi connectivity index (χ0) is 13.8. The van der Waals surface area contributed by atoms with Crippen molar-refractivity contribution in [1.29, 1.82) is 5.26 Å². The SMILES string of the molecule is N#Cc1ccc(C(=O)Nc2nc(C(N)=O)cs2)cc1. The Kier molecular flexibility index (Phi) is 3.54. The third kappa shape index (κ3) is 2.94. The molecule has 0 aliphatic heterocycles. The molecule has 19 heavy (non-hydrogen) atoms. The van der Waals surface area contributed by atoms with Crippen LogP contribution in [0.2, 0.25) is 0 Å². The number of hydrogen-bond donors (Lipinski definition) is 2. The molecular weight excluding hydrogens is 264 g/mol.